The predicted molar refractivity (Wildman–Crippen MR) is 57.3 cm³/mol. The quantitative estimate of drug-likeness (QED) is 0.529. The van der Waals surface area contributed by atoms with Gasteiger partial charge in [-0.05, 0) is 0 Å². The second-order valence-corrected chi connectivity index (χ2v) is 7.37. The average Bonchev–Trinajstić information content (AvgIpc) is 1.97. The Labute approximate surface area is 83.0 Å². The van der Waals surface area contributed by atoms with Crippen LogP contribution in [-0.4, -0.2) is 26.5 Å². The zero-order valence-electron chi connectivity index (χ0n) is 8.69. The van der Waals surface area contributed by atoms with Crippen LogP contribution in [0.5, 0.6) is 0 Å². The van der Waals surface area contributed by atoms with E-state index in [4.69, 9.17) is 0 Å². The zero-order chi connectivity index (χ0) is 8.69. The van der Waals surface area contributed by atoms with Gasteiger partial charge in [-0.3, -0.25) is 0 Å². The van der Waals surface area contributed by atoms with E-state index in [0.29, 0.717) is 0 Å². The van der Waals surface area contributed by atoms with E-state index in [0.717, 1.165) is 5.54 Å². The minimum absolute atomic E-state index is 0.335. The molecular formula is C9H21LiSi. The van der Waals surface area contributed by atoms with Crippen LogP contribution < -0.4 is 0 Å². The molecule has 1 unspecified atom stereocenters. The maximum atomic E-state index is 2.50. The molecule has 0 aromatic heterocycles. The Morgan fingerprint density at radius 1 is 1.27 bits per heavy atom. The molecule has 0 aromatic carbocycles. The van der Waals surface area contributed by atoms with Gasteiger partial charge < -0.3 is 0 Å². The van der Waals surface area contributed by atoms with Gasteiger partial charge in [0.2, 0.25) is 0 Å². The van der Waals surface area contributed by atoms with E-state index >= 15 is 0 Å². The topological polar surface area (TPSA) is 0 Å². The predicted octanol–water partition coefficient (Wildman–Crippen LogP) is 3.01. The number of unbranched alkanes of at least 4 members (excludes halogenated alkanes) is 1. The molecule has 0 heterocycles. The molecule has 0 bridgehead atoms. The van der Waals surface area contributed by atoms with Gasteiger partial charge in [0.1, 0.15) is 0 Å². The van der Waals surface area contributed by atoms with Crippen molar-refractivity contribution >= 4 is 26.5 Å². The molecule has 0 fully saturated rings. The average molecular weight is 164 g/mol. The van der Waals surface area contributed by atoms with E-state index in [1.54, 1.807) is 0 Å². The minimum atomic E-state index is -0.335. The normalized spacial score (nSPS) is 14.0. The number of rotatable bonds is 6. The Hall–Kier alpha value is 0.814. The van der Waals surface area contributed by atoms with Crippen LogP contribution in [0.2, 0.25) is 23.7 Å². The molecule has 0 nitrogen and oxygen atoms in total. The molecule has 0 aromatic rings. The third-order valence-corrected chi connectivity index (χ3v) is 5.08. The van der Waals surface area contributed by atoms with Gasteiger partial charge in [0.05, 0.1) is 0 Å². The Balaban J connectivity index is 3.51. The molecule has 0 aliphatic carbocycles. The van der Waals surface area contributed by atoms with Gasteiger partial charge in [-0.25, -0.2) is 0 Å². The van der Waals surface area contributed by atoms with Crippen LogP contribution in [-0.2, 0) is 0 Å². The summed E-state index contributed by atoms with van der Waals surface area (Å²) in [4.78, 5) is 0. The Morgan fingerprint density at radius 2 is 1.91 bits per heavy atom. The molecule has 0 saturated heterocycles. The standard InChI is InChI=1S/C9H21Si.Li/c1-5-7-8-9(6-2)10(3)4;/h9-10H,2,5-8H2,1,3-4H3;. The Morgan fingerprint density at radius 3 is 2.27 bits per heavy atom. The molecule has 62 valence electrons. The van der Waals surface area contributed by atoms with Gasteiger partial charge >= 0.3 is 82.8 Å². The summed E-state index contributed by atoms with van der Waals surface area (Å²) in [6.07, 6.45) is 5.83. The van der Waals surface area contributed by atoms with Gasteiger partial charge in [-0.15, -0.1) is 0 Å². The van der Waals surface area contributed by atoms with Gasteiger partial charge in [0.15, 0.2) is 0 Å². The van der Waals surface area contributed by atoms with Crippen molar-refractivity contribution in [3.63, 3.8) is 0 Å². The van der Waals surface area contributed by atoms with E-state index < -0.39 is 0 Å². The van der Waals surface area contributed by atoms with Gasteiger partial charge in [-0.2, -0.15) is 0 Å². The first kappa shape index (κ1) is 11.8. The van der Waals surface area contributed by atoms with Crippen molar-refractivity contribution in [3.05, 3.63) is 0 Å². The van der Waals surface area contributed by atoms with Crippen LogP contribution in [0.3, 0.4) is 0 Å². The van der Waals surface area contributed by atoms with Crippen LogP contribution in [0.4, 0.5) is 0 Å². The van der Waals surface area contributed by atoms with Crippen LogP contribution in [0, 0.1) is 0 Å². The van der Waals surface area contributed by atoms with E-state index in [2.05, 4.69) is 37.7 Å². The first-order chi connectivity index (χ1) is 5.22. The molecule has 0 saturated carbocycles. The van der Waals surface area contributed by atoms with Crippen LogP contribution in [0.15, 0.2) is 0 Å². The van der Waals surface area contributed by atoms with Crippen LogP contribution >= 0.6 is 0 Å². The van der Waals surface area contributed by atoms with E-state index in [1.807, 2.05) is 0 Å². The summed E-state index contributed by atoms with van der Waals surface area (Å²) in [5, 5.41) is 1.39. The SMILES string of the molecule is [Li][CH2]CC(CCCC)[SiH](C)C. The zero-order valence-corrected chi connectivity index (χ0v) is 9.84. The first-order valence-electron chi connectivity index (χ1n) is 5.22. The summed E-state index contributed by atoms with van der Waals surface area (Å²) in [5.41, 5.74) is 1.12. The second kappa shape index (κ2) is 7.46. The van der Waals surface area contributed by atoms with E-state index in [1.165, 1.54) is 30.8 Å². The fourth-order valence-corrected chi connectivity index (χ4v) is 3.55. The van der Waals surface area contributed by atoms with E-state index in [9.17, 15) is 0 Å². The van der Waals surface area contributed by atoms with Crippen molar-refractivity contribution in [2.75, 3.05) is 0 Å². The maximum absolute atomic E-state index is 2.50. The van der Waals surface area contributed by atoms with Crippen molar-refractivity contribution in [3.8, 4) is 0 Å². The van der Waals surface area contributed by atoms with Crippen molar-refractivity contribution in [1.29, 1.82) is 0 Å². The molecule has 0 aliphatic heterocycles. The molecule has 0 spiro atoms. The molecule has 0 aliphatic rings. The summed E-state index contributed by atoms with van der Waals surface area (Å²) in [7, 11) is -0.335. The van der Waals surface area contributed by atoms with Gasteiger partial charge in [-0.1, -0.05) is 0 Å². The third kappa shape index (κ3) is 6.02. The Kier molecular flexibility index (Phi) is 8.02. The van der Waals surface area contributed by atoms with Crippen LogP contribution in [0.25, 0.3) is 0 Å². The summed E-state index contributed by atoms with van der Waals surface area (Å²) in [6.45, 7) is 7.29. The molecule has 0 radical (unpaired) electrons. The third-order valence-electron chi connectivity index (χ3n) is 2.53. The van der Waals surface area contributed by atoms with Crippen molar-refractivity contribution in [2.24, 2.45) is 0 Å². The first-order valence-corrected chi connectivity index (χ1v) is 8.19. The molecule has 11 heavy (non-hydrogen) atoms. The van der Waals surface area contributed by atoms with Gasteiger partial charge in [0, 0.05) is 0 Å². The summed E-state index contributed by atoms with van der Waals surface area (Å²) >= 11 is 2.32. The van der Waals surface area contributed by atoms with E-state index in [-0.39, 0.29) is 8.80 Å². The number of hydrogen-bond donors (Lipinski definition) is 0. The van der Waals surface area contributed by atoms with Crippen molar-refractivity contribution in [2.45, 2.75) is 56.3 Å². The second-order valence-electron chi connectivity index (χ2n) is 3.94. The molecule has 0 rings (SSSR count). The van der Waals surface area contributed by atoms with Gasteiger partial charge in [0.25, 0.3) is 0 Å². The number of hydrogen-bond acceptors (Lipinski definition) is 0. The molecule has 2 heteroatoms. The van der Waals surface area contributed by atoms with Crippen LogP contribution in [0.1, 0.15) is 32.6 Å². The summed E-state index contributed by atoms with van der Waals surface area (Å²) in [5.74, 6) is 0. The van der Waals surface area contributed by atoms with Crippen molar-refractivity contribution in [1.82, 2.24) is 0 Å². The summed E-state index contributed by atoms with van der Waals surface area (Å²) < 4.78 is 0. The monoisotopic (exact) mass is 164 g/mol. The Bertz CT molecular complexity index is 83.6. The molecule has 0 N–H and O–H groups in total. The molecule has 0 amide bonds. The molecular weight excluding hydrogens is 143 g/mol. The molecule has 1 atom stereocenters. The summed E-state index contributed by atoms with van der Waals surface area (Å²) in [6, 6.07) is 0. The fraction of sp³-hybridized carbons (Fsp3) is 1.00. The van der Waals surface area contributed by atoms with Crippen molar-refractivity contribution < 1.29 is 0 Å². The fourth-order valence-electron chi connectivity index (χ4n) is 1.65.